The third-order valence-electron chi connectivity index (χ3n) is 5.98. The summed E-state index contributed by atoms with van der Waals surface area (Å²) in [6.07, 6.45) is 8.79. The van der Waals surface area contributed by atoms with Crippen LogP contribution in [0.4, 0.5) is 5.69 Å². The van der Waals surface area contributed by atoms with Crippen LogP contribution in [0.1, 0.15) is 60.6 Å². The minimum atomic E-state index is -0.257. The predicted octanol–water partition coefficient (Wildman–Crippen LogP) is 6.67. The Balaban J connectivity index is 1.97. The summed E-state index contributed by atoms with van der Waals surface area (Å²) < 4.78 is 11.2. The lowest BCUT2D eigenvalue weighted by Gasteiger charge is -2.32. The number of rotatable bonds is 10. The Morgan fingerprint density at radius 1 is 1.12 bits per heavy atom. The summed E-state index contributed by atoms with van der Waals surface area (Å²) in [5, 5.41) is 3.83. The van der Waals surface area contributed by atoms with Crippen LogP contribution in [0.5, 0.6) is 11.5 Å². The second-order valence-electron chi connectivity index (χ2n) is 8.14. The first-order chi connectivity index (χ1) is 16.0. The molecule has 0 saturated heterocycles. The van der Waals surface area contributed by atoms with Crippen molar-refractivity contribution in [3.05, 3.63) is 35.0 Å². The van der Waals surface area contributed by atoms with Gasteiger partial charge in [0.05, 0.1) is 25.2 Å². The highest BCUT2D eigenvalue weighted by molar-refractivity contribution is 8.00. The van der Waals surface area contributed by atoms with E-state index >= 15 is 0 Å². The molecular weight excluding hydrogens is 472 g/mol. The van der Waals surface area contributed by atoms with Crippen molar-refractivity contribution in [2.24, 2.45) is 0 Å². The zero-order valence-electron chi connectivity index (χ0n) is 20.4. The molecule has 1 aromatic heterocycles. The summed E-state index contributed by atoms with van der Waals surface area (Å²) in [6, 6.07) is 6.13. The Kier molecular flexibility index (Phi) is 9.70. The third-order valence-corrected chi connectivity index (χ3v) is 8.95. The van der Waals surface area contributed by atoms with Gasteiger partial charge in [-0.3, -0.25) is 4.79 Å². The average molecular weight is 508 g/mol. The molecule has 1 aliphatic rings. The summed E-state index contributed by atoms with van der Waals surface area (Å²) in [7, 11) is 3.31. The molecule has 0 aliphatic carbocycles. The first kappa shape index (κ1) is 26.1. The molecule has 1 N–H and O–H groups in total. The van der Waals surface area contributed by atoms with Gasteiger partial charge >= 0.3 is 0 Å². The number of amides is 1. The zero-order valence-corrected chi connectivity index (χ0v) is 22.9. The van der Waals surface area contributed by atoms with Crippen LogP contribution in [0.15, 0.2) is 28.1 Å². The van der Waals surface area contributed by atoms with E-state index < -0.39 is 0 Å². The fourth-order valence-corrected chi connectivity index (χ4v) is 7.07. The minimum absolute atomic E-state index is 0.00778. The fourth-order valence-electron chi connectivity index (χ4n) is 4.27. The van der Waals surface area contributed by atoms with E-state index in [9.17, 15) is 4.79 Å². The van der Waals surface area contributed by atoms with Gasteiger partial charge in [0.25, 0.3) is 0 Å². The van der Waals surface area contributed by atoms with Gasteiger partial charge in [-0.2, -0.15) is 0 Å². The lowest BCUT2D eigenvalue weighted by Crippen LogP contribution is -2.26. The summed E-state index contributed by atoms with van der Waals surface area (Å²) in [4.78, 5) is 19.3. The summed E-state index contributed by atoms with van der Waals surface area (Å²) >= 11 is 4.31. The van der Waals surface area contributed by atoms with Gasteiger partial charge in [-0.15, -0.1) is 23.5 Å². The number of carbonyl (C=O) groups is 1. The van der Waals surface area contributed by atoms with Gasteiger partial charge in [0.2, 0.25) is 5.91 Å². The summed E-state index contributed by atoms with van der Waals surface area (Å²) in [5.41, 5.74) is 4.04. The Bertz CT molecular complexity index is 959. The molecule has 2 atom stereocenters. The molecule has 0 bridgehead atoms. The number of hydrogen-bond donors (Lipinski definition) is 2. The third kappa shape index (κ3) is 5.95. The molecular formula is C25H35N2O3S3. The van der Waals surface area contributed by atoms with Crippen LogP contribution in [0.3, 0.4) is 0 Å². The maximum atomic E-state index is 13.6. The van der Waals surface area contributed by atoms with Gasteiger partial charge in [0, 0.05) is 10.6 Å². The molecule has 33 heavy (non-hydrogen) atoms. The van der Waals surface area contributed by atoms with Crippen molar-refractivity contribution in [3.8, 4) is 11.5 Å². The van der Waals surface area contributed by atoms with Crippen LogP contribution in [0.25, 0.3) is 0 Å². The number of unbranched alkanes of at least 4 members (excludes halogenated alkanes) is 2. The van der Waals surface area contributed by atoms with Crippen LogP contribution in [0.2, 0.25) is 0 Å². The van der Waals surface area contributed by atoms with Crippen molar-refractivity contribution in [1.82, 2.24) is 4.98 Å². The van der Waals surface area contributed by atoms with Crippen molar-refractivity contribution in [2.45, 2.75) is 60.6 Å². The van der Waals surface area contributed by atoms with E-state index in [1.54, 1.807) is 37.7 Å². The number of benzene rings is 1. The molecule has 1 aromatic carbocycles. The van der Waals surface area contributed by atoms with Crippen LogP contribution in [-0.2, 0) is 4.79 Å². The van der Waals surface area contributed by atoms with Crippen LogP contribution >= 0.6 is 35.3 Å². The maximum absolute atomic E-state index is 13.6. The molecule has 5 nitrogen and oxygen atoms in total. The number of nitrogens with zero attached hydrogens (tertiary/aromatic N) is 1. The van der Waals surface area contributed by atoms with Crippen molar-refractivity contribution >= 4 is 46.9 Å². The SMILES string of the molecule is CCCCCC1C[SH]C(C(=O)Nc2c(SC)cc(C)nc2SC)c2cc(OC)c(OC)cc21. The smallest absolute Gasteiger partial charge is 0.241 e. The normalized spacial score (nSPS) is 17.4. The monoisotopic (exact) mass is 507 g/mol. The van der Waals surface area contributed by atoms with Gasteiger partial charge in [-0.1, -0.05) is 26.2 Å². The number of fused-ring (bicyclic) bond motifs is 1. The number of pyridine rings is 1. The van der Waals surface area contributed by atoms with Gasteiger partial charge in [0.15, 0.2) is 11.5 Å². The number of methoxy groups -OCH3 is 2. The lowest BCUT2D eigenvalue weighted by molar-refractivity contribution is -0.115. The first-order valence-corrected chi connectivity index (χ1v) is 14.9. The molecule has 2 heterocycles. The van der Waals surface area contributed by atoms with Crippen molar-refractivity contribution in [3.63, 3.8) is 0 Å². The maximum Gasteiger partial charge on any atom is 0.241 e. The lowest BCUT2D eigenvalue weighted by atomic mass is 9.88. The molecule has 3 rings (SSSR count). The average Bonchev–Trinajstić information content (AvgIpc) is 2.83. The Hall–Kier alpha value is -1.51. The number of carbonyl (C=O) groups excluding carboxylic acids is 1. The second kappa shape index (κ2) is 12.3. The Morgan fingerprint density at radius 2 is 1.82 bits per heavy atom. The summed E-state index contributed by atoms with van der Waals surface area (Å²) in [5.74, 6) is 2.81. The standard InChI is InChI=1S/C25H35N2O3S3/c1-7-8-9-10-16-14-33-23(18-13-20(30-4)19(29-3)12-17(16)18)24(28)27-22-21(31-5)11-15(2)26-25(22)32-6/h11-13,16,23,33H,7-10,14H2,1-6H3,(H,27,28). The van der Waals surface area contributed by atoms with Crippen LogP contribution in [-0.4, -0.2) is 43.4 Å². The number of aromatic nitrogens is 1. The molecule has 0 saturated carbocycles. The van der Waals surface area contributed by atoms with E-state index in [-0.39, 0.29) is 11.2 Å². The van der Waals surface area contributed by atoms with Crippen molar-refractivity contribution < 1.29 is 14.3 Å². The van der Waals surface area contributed by atoms with Gasteiger partial charge in [0.1, 0.15) is 5.03 Å². The molecule has 1 amide bonds. The zero-order chi connectivity index (χ0) is 24.0. The minimum Gasteiger partial charge on any atom is -0.493 e. The van der Waals surface area contributed by atoms with Crippen LogP contribution < -0.4 is 14.8 Å². The highest BCUT2D eigenvalue weighted by atomic mass is 32.2. The van der Waals surface area contributed by atoms with Gasteiger partial charge in [-0.05, 0) is 66.9 Å². The van der Waals surface area contributed by atoms with E-state index in [0.29, 0.717) is 11.7 Å². The van der Waals surface area contributed by atoms with Crippen molar-refractivity contribution in [2.75, 3.05) is 37.8 Å². The van der Waals surface area contributed by atoms with Crippen LogP contribution in [0, 0.1) is 6.92 Å². The molecule has 1 aliphatic heterocycles. The van der Waals surface area contributed by atoms with E-state index in [1.165, 1.54) is 24.8 Å². The number of ether oxygens (including phenoxy) is 2. The fraction of sp³-hybridized carbons (Fsp3) is 0.520. The molecule has 0 spiro atoms. The number of anilines is 1. The number of hydrogen-bond acceptors (Lipinski definition) is 6. The molecule has 181 valence electrons. The number of aryl methyl sites for hydroxylation is 1. The van der Waals surface area contributed by atoms with E-state index in [4.69, 9.17) is 9.47 Å². The molecule has 8 heteroatoms. The predicted molar refractivity (Wildman–Crippen MR) is 144 cm³/mol. The summed E-state index contributed by atoms with van der Waals surface area (Å²) in [6.45, 7) is 4.21. The number of thiol groups is 1. The number of thioether (sulfide) groups is 2. The van der Waals surface area contributed by atoms with E-state index in [0.717, 1.165) is 56.6 Å². The highest BCUT2D eigenvalue weighted by Crippen LogP contribution is 2.48. The second-order valence-corrected chi connectivity index (χ2v) is 11.0. The molecule has 2 unspecified atom stereocenters. The Labute approximate surface area is 210 Å². The van der Waals surface area contributed by atoms with Gasteiger partial charge < -0.3 is 14.8 Å². The van der Waals surface area contributed by atoms with Gasteiger partial charge in [-0.25, -0.2) is 16.7 Å². The Morgan fingerprint density at radius 3 is 2.42 bits per heavy atom. The largest absolute Gasteiger partial charge is 0.493 e. The molecule has 1 radical (unpaired) electrons. The molecule has 0 fully saturated rings. The quantitative estimate of drug-likeness (QED) is 0.213. The van der Waals surface area contributed by atoms with Crippen molar-refractivity contribution in [1.29, 1.82) is 0 Å². The highest BCUT2D eigenvalue weighted by Gasteiger charge is 2.33. The topological polar surface area (TPSA) is 60.5 Å². The first-order valence-electron chi connectivity index (χ1n) is 11.3. The molecule has 2 aromatic rings. The van der Waals surface area contributed by atoms with E-state index in [2.05, 4.69) is 23.3 Å². The van der Waals surface area contributed by atoms with E-state index in [1.807, 2.05) is 31.6 Å². The number of nitrogens with one attached hydrogen (secondary N) is 1.